The normalized spacial score (nSPS) is 10.6. The minimum Gasteiger partial charge on any atom is -0.472 e. The Kier molecular flexibility index (Phi) is 4.59. The van der Waals surface area contributed by atoms with Gasteiger partial charge in [-0.05, 0) is 44.2 Å². The highest BCUT2D eigenvalue weighted by molar-refractivity contribution is 6.03. The molecule has 140 valence electrons. The van der Waals surface area contributed by atoms with Crippen molar-refractivity contribution >= 4 is 11.6 Å². The summed E-state index contributed by atoms with van der Waals surface area (Å²) in [6.45, 7) is 3.70. The number of carbonyl (C=O) groups excluding carboxylic acids is 1. The van der Waals surface area contributed by atoms with Gasteiger partial charge in [0, 0.05) is 24.1 Å². The summed E-state index contributed by atoms with van der Waals surface area (Å²) < 4.78 is 12.6. The second kappa shape index (κ2) is 7.36. The van der Waals surface area contributed by atoms with E-state index in [4.69, 9.17) is 9.15 Å². The van der Waals surface area contributed by atoms with Crippen molar-refractivity contribution in [1.29, 1.82) is 0 Å². The van der Waals surface area contributed by atoms with Gasteiger partial charge in [-0.2, -0.15) is 4.98 Å². The number of nitrogens with zero attached hydrogens (tertiary/aromatic N) is 4. The minimum absolute atomic E-state index is 0.241. The monoisotopic (exact) mass is 375 g/mol. The van der Waals surface area contributed by atoms with E-state index in [1.54, 1.807) is 49.5 Å². The van der Waals surface area contributed by atoms with Crippen LogP contribution in [0, 0.1) is 13.8 Å². The van der Waals surface area contributed by atoms with E-state index >= 15 is 0 Å². The molecule has 8 nitrogen and oxygen atoms in total. The van der Waals surface area contributed by atoms with Gasteiger partial charge in [0.2, 0.25) is 5.88 Å². The lowest BCUT2D eigenvalue weighted by molar-refractivity contribution is 0.102. The summed E-state index contributed by atoms with van der Waals surface area (Å²) in [6, 6.07) is 10.4. The van der Waals surface area contributed by atoms with E-state index in [0.29, 0.717) is 34.5 Å². The number of anilines is 1. The Balaban J connectivity index is 1.49. The van der Waals surface area contributed by atoms with Crippen LogP contribution >= 0.6 is 0 Å². The van der Waals surface area contributed by atoms with Crippen LogP contribution in [-0.4, -0.2) is 25.4 Å². The second-order valence-corrected chi connectivity index (χ2v) is 6.05. The average molecular weight is 375 g/mol. The average Bonchev–Trinajstić information content (AvgIpc) is 3.34. The molecule has 0 bridgehead atoms. The van der Waals surface area contributed by atoms with Gasteiger partial charge in [0.15, 0.2) is 0 Å². The van der Waals surface area contributed by atoms with Crippen molar-refractivity contribution in [2.75, 3.05) is 5.32 Å². The van der Waals surface area contributed by atoms with Gasteiger partial charge in [0.1, 0.15) is 29.5 Å². The number of furan rings is 1. The molecule has 1 aromatic carbocycles. The van der Waals surface area contributed by atoms with Gasteiger partial charge in [-0.15, -0.1) is 0 Å². The fourth-order valence-electron chi connectivity index (χ4n) is 2.65. The summed E-state index contributed by atoms with van der Waals surface area (Å²) in [5.74, 6) is 2.86. The highest BCUT2D eigenvalue weighted by Crippen LogP contribution is 2.23. The molecule has 0 atom stereocenters. The number of amides is 1. The molecule has 0 aliphatic carbocycles. The quantitative estimate of drug-likeness (QED) is 0.568. The maximum Gasteiger partial charge on any atom is 0.258 e. The number of benzene rings is 1. The lowest BCUT2D eigenvalue weighted by Crippen LogP contribution is -2.10. The van der Waals surface area contributed by atoms with Crippen LogP contribution in [0.2, 0.25) is 0 Å². The maximum atomic E-state index is 12.0. The first-order valence-corrected chi connectivity index (χ1v) is 8.56. The molecule has 0 spiro atoms. The summed E-state index contributed by atoms with van der Waals surface area (Å²) in [5.41, 5.74) is 1.10. The summed E-state index contributed by atoms with van der Waals surface area (Å²) in [5, 5.41) is 2.79. The zero-order valence-electron chi connectivity index (χ0n) is 15.3. The second-order valence-electron chi connectivity index (χ2n) is 6.05. The highest BCUT2D eigenvalue weighted by atomic mass is 16.5. The number of nitrogens with one attached hydrogen (secondary N) is 1. The fraction of sp³-hybridized carbons (Fsp3) is 0.100. The van der Waals surface area contributed by atoms with E-state index in [1.807, 2.05) is 17.7 Å². The van der Waals surface area contributed by atoms with Gasteiger partial charge in [0.05, 0.1) is 11.8 Å². The van der Waals surface area contributed by atoms with Crippen molar-refractivity contribution in [3.8, 4) is 17.4 Å². The van der Waals surface area contributed by atoms with E-state index in [9.17, 15) is 4.79 Å². The zero-order chi connectivity index (χ0) is 19.5. The van der Waals surface area contributed by atoms with E-state index in [2.05, 4.69) is 20.3 Å². The number of imidazole rings is 1. The predicted molar refractivity (Wildman–Crippen MR) is 102 cm³/mol. The smallest absolute Gasteiger partial charge is 0.258 e. The molecule has 0 saturated heterocycles. The van der Waals surface area contributed by atoms with Crippen molar-refractivity contribution in [2.45, 2.75) is 13.8 Å². The molecule has 0 fully saturated rings. The number of ether oxygens (including phenoxy) is 1. The van der Waals surface area contributed by atoms with Crippen molar-refractivity contribution in [3.05, 3.63) is 78.5 Å². The van der Waals surface area contributed by atoms with Crippen LogP contribution in [0.1, 0.15) is 22.0 Å². The third kappa shape index (κ3) is 3.75. The van der Waals surface area contributed by atoms with Crippen molar-refractivity contribution < 1.29 is 13.9 Å². The molecule has 0 saturated carbocycles. The molecule has 0 radical (unpaired) electrons. The Hall–Kier alpha value is -3.94. The van der Waals surface area contributed by atoms with Crippen molar-refractivity contribution in [2.24, 2.45) is 0 Å². The molecular formula is C20H17N5O3. The van der Waals surface area contributed by atoms with Gasteiger partial charge < -0.3 is 14.5 Å². The summed E-state index contributed by atoms with van der Waals surface area (Å²) in [7, 11) is 0. The van der Waals surface area contributed by atoms with Gasteiger partial charge in [0.25, 0.3) is 5.91 Å². The third-order valence-corrected chi connectivity index (χ3v) is 3.99. The van der Waals surface area contributed by atoms with Gasteiger partial charge in [-0.25, -0.2) is 9.97 Å². The Morgan fingerprint density at radius 2 is 1.96 bits per heavy atom. The molecule has 0 aliphatic rings. The number of carbonyl (C=O) groups is 1. The standard InChI is InChI=1S/C20H17N5O3/c1-13-22-18(25-9-8-21-14(25)2)11-19(23-13)28-17-5-3-16(4-6-17)24-20(26)15-7-10-27-12-15/h3-12H,1-2H3,(H,24,26). The Morgan fingerprint density at radius 3 is 2.64 bits per heavy atom. The molecule has 3 aromatic heterocycles. The highest BCUT2D eigenvalue weighted by Gasteiger charge is 2.09. The van der Waals surface area contributed by atoms with Crippen molar-refractivity contribution in [1.82, 2.24) is 19.5 Å². The Bertz CT molecular complexity index is 1100. The minimum atomic E-state index is -0.241. The van der Waals surface area contributed by atoms with E-state index < -0.39 is 0 Å². The predicted octanol–water partition coefficient (Wildman–Crippen LogP) is 3.92. The molecule has 28 heavy (non-hydrogen) atoms. The molecule has 1 N–H and O–H groups in total. The van der Waals surface area contributed by atoms with Crippen LogP contribution in [0.4, 0.5) is 5.69 Å². The van der Waals surface area contributed by atoms with Crippen LogP contribution in [-0.2, 0) is 0 Å². The van der Waals surface area contributed by atoms with E-state index in [1.165, 1.54) is 12.5 Å². The van der Waals surface area contributed by atoms with Crippen LogP contribution in [0.15, 0.2) is 65.7 Å². The third-order valence-electron chi connectivity index (χ3n) is 3.99. The number of rotatable bonds is 5. The number of aryl methyl sites for hydroxylation is 2. The van der Waals surface area contributed by atoms with Gasteiger partial charge >= 0.3 is 0 Å². The lowest BCUT2D eigenvalue weighted by atomic mass is 10.2. The Labute approximate surface area is 160 Å². The molecule has 4 aromatic rings. The number of hydrogen-bond acceptors (Lipinski definition) is 6. The van der Waals surface area contributed by atoms with Gasteiger partial charge in [-0.1, -0.05) is 0 Å². The van der Waals surface area contributed by atoms with Crippen LogP contribution < -0.4 is 10.1 Å². The largest absolute Gasteiger partial charge is 0.472 e. The molecule has 0 unspecified atom stereocenters. The molecule has 8 heteroatoms. The van der Waals surface area contributed by atoms with Crippen LogP contribution in [0.3, 0.4) is 0 Å². The van der Waals surface area contributed by atoms with E-state index in [-0.39, 0.29) is 5.91 Å². The van der Waals surface area contributed by atoms with E-state index in [0.717, 1.165) is 5.82 Å². The molecule has 4 rings (SSSR count). The maximum absolute atomic E-state index is 12.0. The summed E-state index contributed by atoms with van der Waals surface area (Å²) in [6.07, 6.45) is 6.39. The molecule has 0 aliphatic heterocycles. The number of hydrogen-bond donors (Lipinski definition) is 1. The first kappa shape index (κ1) is 17.5. The molecular weight excluding hydrogens is 358 g/mol. The fourth-order valence-corrected chi connectivity index (χ4v) is 2.65. The molecule has 1 amide bonds. The zero-order valence-corrected chi connectivity index (χ0v) is 15.3. The summed E-state index contributed by atoms with van der Waals surface area (Å²) in [4.78, 5) is 25.0. The topological polar surface area (TPSA) is 95.1 Å². The first-order valence-electron chi connectivity index (χ1n) is 8.56. The number of aromatic nitrogens is 4. The first-order chi connectivity index (χ1) is 13.6. The Morgan fingerprint density at radius 1 is 1.14 bits per heavy atom. The summed E-state index contributed by atoms with van der Waals surface area (Å²) >= 11 is 0. The lowest BCUT2D eigenvalue weighted by Gasteiger charge is -2.10. The van der Waals surface area contributed by atoms with Gasteiger partial charge in [-0.3, -0.25) is 9.36 Å². The molecule has 3 heterocycles. The van der Waals surface area contributed by atoms with Crippen LogP contribution in [0.25, 0.3) is 5.82 Å². The SMILES string of the molecule is Cc1nc(Oc2ccc(NC(=O)c3ccoc3)cc2)cc(-n2ccnc2C)n1. The van der Waals surface area contributed by atoms with Crippen molar-refractivity contribution in [3.63, 3.8) is 0 Å². The van der Waals surface area contributed by atoms with Crippen LogP contribution in [0.5, 0.6) is 11.6 Å².